The van der Waals surface area contributed by atoms with Crippen LogP contribution in [0.1, 0.15) is 29.6 Å². The third-order valence-corrected chi connectivity index (χ3v) is 3.44. The van der Waals surface area contributed by atoms with Gasteiger partial charge in [-0.05, 0) is 37.5 Å². The molecule has 19 heavy (non-hydrogen) atoms. The van der Waals surface area contributed by atoms with E-state index in [2.05, 4.69) is 10.6 Å². The van der Waals surface area contributed by atoms with E-state index in [4.69, 9.17) is 17.3 Å². The SMILES string of the molecule is NC(=O)c1cc(NC2CCCCNC2=O)ccc1Cl. The van der Waals surface area contributed by atoms with Crippen LogP contribution in [0.25, 0.3) is 0 Å². The number of anilines is 1. The highest BCUT2D eigenvalue weighted by molar-refractivity contribution is 6.33. The summed E-state index contributed by atoms with van der Waals surface area (Å²) in [6.07, 6.45) is 2.73. The molecule has 1 aliphatic rings. The first-order valence-corrected chi connectivity index (χ1v) is 6.59. The summed E-state index contributed by atoms with van der Waals surface area (Å²) in [5.41, 5.74) is 6.16. The average molecular weight is 282 g/mol. The maximum atomic E-state index is 11.8. The zero-order valence-corrected chi connectivity index (χ0v) is 11.2. The molecule has 0 aliphatic carbocycles. The number of benzene rings is 1. The monoisotopic (exact) mass is 281 g/mol. The number of primary amides is 1. The summed E-state index contributed by atoms with van der Waals surface area (Å²) in [5, 5.41) is 6.27. The van der Waals surface area contributed by atoms with Gasteiger partial charge in [0.2, 0.25) is 11.8 Å². The van der Waals surface area contributed by atoms with E-state index >= 15 is 0 Å². The lowest BCUT2D eigenvalue weighted by atomic mass is 10.1. The molecule has 6 heteroatoms. The van der Waals surface area contributed by atoms with Crippen LogP contribution in [0.5, 0.6) is 0 Å². The maximum Gasteiger partial charge on any atom is 0.250 e. The second-order valence-corrected chi connectivity index (χ2v) is 4.95. The molecule has 0 bridgehead atoms. The van der Waals surface area contributed by atoms with Gasteiger partial charge in [-0.2, -0.15) is 0 Å². The first-order valence-electron chi connectivity index (χ1n) is 6.21. The van der Waals surface area contributed by atoms with Crippen LogP contribution < -0.4 is 16.4 Å². The summed E-state index contributed by atoms with van der Waals surface area (Å²) in [6, 6.07) is 4.61. The zero-order chi connectivity index (χ0) is 13.8. The molecule has 1 heterocycles. The first kappa shape index (κ1) is 13.7. The van der Waals surface area contributed by atoms with Crippen molar-refractivity contribution in [3.8, 4) is 0 Å². The standard InChI is InChI=1S/C13H16ClN3O2/c14-10-5-4-8(7-9(10)12(15)18)17-11-3-1-2-6-16-13(11)19/h4-5,7,11,17H,1-3,6H2,(H2,15,18)(H,16,19). The van der Waals surface area contributed by atoms with Crippen molar-refractivity contribution in [2.45, 2.75) is 25.3 Å². The molecule has 0 spiro atoms. The number of hydrogen-bond acceptors (Lipinski definition) is 3. The molecule has 1 aliphatic heterocycles. The molecular weight excluding hydrogens is 266 g/mol. The molecule has 1 aromatic carbocycles. The van der Waals surface area contributed by atoms with Crippen molar-refractivity contribution in [3.63, 3.8) is 0 Å². The second kappa shape index (κ2) is 5.93. The fraction of sp³-hybridized carbons (Fsp3) is 0.385. The summed E-state index contributed by atoms with van der Waals surface area (Å²) in [5.74, 6) is -0.605. The Morgan fingerprint density at radius 3 is 2.95 bits per heavy atom. The minimum absolute atomic E-state index is 0.0203. The third-order valence-electron chi connectivity index (χ3n) is 3.11. The second-order valence-electron chi connectivity index (χ2n) is 4.54. The van der Waals surface area contributed by atoms with Gasteiger partial charge in [0.05, 0.1) is 10.6 Å². The number of carbonyl (C=O) groups excluding carboxylic acids is 2. The van der Waals surface area contributed by atoms with Crippen LogP contribution in [0.4, 0.5) is 5.69 Å². The average Bonchev–Trinajstić information content (AvgIpc) is 2.57. The number of nitrogens with one attached hydrogen (secondary N) is 2. The molecule has 1 saturated heterocycles. The van der Waals surface area contributed by atoms with Crippen molar-refractivity contribution in [1.29, 1.82) is 0 Å². The molecule has 0 aromatic heterocycles. The third kappa shape index (κ3) is 3.38. The molecule has 5 nitrogen and oxygen atoms in total. The van der Waals surface area contributed by atoms with Crippen molar-refractivity contribution >= 4 is 29.1 Å². The number of hydrogen-bond donors (Lipinski definition) is 3. The normalized spacial score (nSPS) is 19.4. The quantitative estimate of drug-likeness (QED) is 0.785. The Bertz CT molecular complexity index is 505. The molecular formula is C13H16ClN3O2. The van der Waals surface area contributed by atoms with E-state index < -0.39 is 5.91 Å². The first-order chi connectivity index (χ1) is 9.08. The van der Waals surface area contributed by atoms with E-state index in [1.165, 1.54) is 0 Å². The Balaban J connectivity index is 2.16. The van der Waals surface area contributed by atoms with Crippen LogP contribution in [-0.4, -0.2) is 24.4 Å². The van der Waals surface area contributed by atoms with Gasteiger partial charge in [-0.15, -0.1) is 0 Å². The predicted octanol–water partition coefficient (Wildman–Crippen LogP) is 1.52. The van der Waals surface area contributed by atoms with Crippen LogP contribution in [0.15, 0.2) is 18.2 Å². The highest BCUT2D eigenvalue weighted by Gasteiger charge is 2.20. The fourth-order valence-corrected chi connectivity index (χ4v) is 2.29. The Labute approximate surface area is 116 Å². The molecule has 1 aromatic rings. The Hall–Kier alpha value is -1.75. The number of nitrogens with two attached hydrogens (primary N) is 1. The lowest BCUT2D eigenvalue weighted by molar-refractivity contribution is -0.121. The van der Waals surface area contributed by atoms with Gasteiger partial charge in [-0.1, -0.05) is 11.6 Å². The van der Waals surface area contributed by atoms with Crippen molar-refractivity contribution in [3.05, 3.63) is 28.8 Å². The highest BCUT2D eigenvalue weighted by Crippen LogP contribution is 2.21. The molecule has 102 valence electrons. The lowest BCUT2D eigenvalue weighted by Gasteiger charge is -2.17. The van der Waals surface area contributed by atoms with E-state index in [1.54, 1.807) is 18.2 Å². The van der Waals surface area contributed by atoms with Crippen molar-refractivity contribution in [2.75, 3.05) is 11.9 Å². The van der Waals surface area contributed by atoms with Crippen molar-refractivity contribution in [1.82, 2.24) is 5.32 Å². The smallest absolute Gasteiger partial charge is 0.250 e. The Kier molecular flexibility index (Phi) is 4.27. The fourth-order valence-electron chi connectivity index (χ4n) is 2.08. The Morgan fingerprint density at radius 2 is 2.21 bits per heavy atom. The molecule has 2 rings (SSSR count). The molecule has 0 radical (unpaired) electrons. The minimum Gasteiger partial charge on any atom is -0.374 e. The number of carbonyl (C=O) groups is 2. The number of halogens is 1. The molecule has 0 saturated carbocycles. The summed E-state index contributed by atoms with van der Waals surface area (Å²) in [4.78, 5) is 23.0. The van der Waals surface area contributed by atoms with E-state index in [-0.39, 0.29) is 17.5 Å². The van der Waals surface area contributed by atoms with Gasteiger partial charge in [0.15, 0.2) is 0 Å². The topological polar surface area (TPSA) is 84.2 Å². The highest BCUT2D eigenvalue weighted by atomic mass is 35.5. The van der Waals surface area contributed by atoms with Gasteiger partial charge in [-0.3, -0.25) is 9.59 Å². The van der Waals surface area contributed by atoms with Gasteiger partial charge >= 0.3 is 0 Å². The summed E-state index contributed by atoms with van der Waals surface area (Å²) >= 11 is 5.88. The molecule has 2 amide bonds. The van der Waals surface area contributed by atoms with Gasteiger partial charge < -0.3 is 16.4 Å². The van der Waals surface area contributed by atoms with Crippen LogP contribution in [-0.2, 0) is 4.79 Å². The summed E-state index contributed by atoms with van der Waals surface area (Å²) in [6.45, 7) is 0.712. The van der Waals surface area contributed by atoms with E-state index in [0.29, 0.717) is 17.3 Å². The van der Waals surface area contributed by atoms with Crippen LogP contribution in [0.2, 0.25) is 5.02 Å². The van der Waals surface area contributed by atoms with E-state index in [0.717, 1.165) is 19.3 Å². The van der Waals surface area contributed by atoms with E-state index in [9.17, 15) is 9.59 Å². The Morgan fingerprint density at radius 1 is 1.42 bits per heavy atom. The molecule has 1 unspecified atom stereocenters. The largest absolute Gasteiger partial charge is 0.374 e. The summed E-state index contributed by atoms with van der Waals surface area (Å²) in [7, 11) is 0. The van der Waals surface area contributed by atoms with Gasteiger partial charge in [-0.25, -0.2) is 0 Å². The predicted molar refractivity (Wildman–Crippen MR) is 74.2 cm³/mol. The maximum absolute atomic E-state index is 11.8. The molecule has 1 fully saturated rings. The lowest BCUT2D eigenvalue weighted by Crippen LogP contribution is -2.37. The molecule has 1 atom stereocenters. The number of amides is 2. The van der Waals surface area contributed by atoms with E-state index in [1.807, 2.05) is 0 Å². The van der Waals surface area contributed by atoms with Gasteiger partial charge in [0.25, 0.3) is 0 Å². The van der Waals surface area contributed by atoms with Crippen LogP contribution >= 0.6 is 11.6 Å². The zero-order valence-electron chi connectivity index (χ0n) is 10.4. The molecule has 4 N–H and O–H groups in total. The van der Waals surface area contributed by atoms with Crippen LogP contribution in [0.3, 0.4) is 0 Å². The minimum atomic E-state index is -0.584. The summed E-state index contributed by atoms with van der Waals surface area (Å²) < 4.78 is 0. The van der Waals surface area contributed by atoms with Crippen molar-refractivity contribution in [2.24, 2.45) is 5.73 Å². The van der Waals surface area contributed by atoms with Gasteiger partial charge in [0.1, 0.15) is 6.04 Å². The van der Waals surface area contributed by atoms with Crippen molar-refractivity contribution < 1.29 is 9.59 Å². The number of rotatable bonds is 3. The van der Waals surface area contributed by atoms with Gasteiger partial charge in [0, 0.05) is 12.2 Å². The van der Waals surface area contributed by atoms with Crippen LogP contribution in [0, 0.1) is 0 Å².